The van der Waals surface area contributed by atoms with Crippen molar-refractivity contribution in [3.8, 4) is 5.69 Å². The molecule has 0 aliphatic rings. The van der Waals surface area contributed by atoms with Crippen LogP contribution >= 0.6 is 0 Å². The maximum absolute atomic E-state index is 11.8. The van der Waals surface area contributed by atoms with Crippen molar-refractivity contribution in [2.75, 3.05) is 20.3 Å². The van der Waals surface area contributed by atoms with Crippen molar-refractivity contribution in [3.05, 3.63) is 52.8 Å². The molecule has 2 N–H and O–H groups in total. The normalized spacial score (nSPS) is 10.7. The third kappa shape index (κ3) is 4.61. The number of hydrogen-bond donors (Lipinski definition) is 2. The van der Waals surface area contributed by atoms with Gasteiger partial charge in [-0.15, -0.1) is 0 Å². The largest absolute Gasteiger partial charge is 0.385 e. The molecule has 0 saturated heterocycles. The highest BCUT2D eigenvalue weighted by Crippen LogP contribution is 2.21. The van der Waals surface area contributed by atoms with E-state index in [1.54, 1.807) is 7.11 Å². The van der Waals surface area contributed by atoms with E-state index in [4.69, 9.17) is 4.74 Å². The van der Waals surface area contributed by atoms with E-state index in [1.807, 2.05) is 0 Å². The number of aryl methyl sites for hydroxylation is 2. The number of hydrogen-bond acceptors (Lipinski definition) is 2. The molecule has 5 nitrogen and oxygen atoms in total. The van der Waals surface area contributed by atoms with E-state index in [0.29, 0.717) is 19.7 Å². The van der Waals surface area contributed by atoms with Crippen LogP contribution in [0.25, 0.3) is 5.69 Å². The number of carbonyl (C=O) groups excluding carboxylic acids is 1. The topological polar surface area (TPSA) is 55.3 Å². The average molecular weight is 329 g/mol. The first kappa shape index (κ1) is 18.1. The molecule has 0 unspecified atom stereocenters. The van der Waals surface area contributed by atoms with Crippen molar-refractivity contribution in [2.24, 2.45) is 0 Å². The standard InChI is InChI=1S/C19H27N3O2/c1-14-6-8-18(9-7-14)22-15(2)12-17(16(22)3)13-21-19(23)20-10-5-11-24-4/h6-9,12H,5,10-11,13H2,1-4H3,(H2,20,21,23). The summed E-state index contributed by atoms with van der Waals surface area (Å²) >= 11 is 0. The highest BCUT2D eigenvalue weighted by atomic mass is 16.5. The lowest BCUT2D eigenvalue weighted by Gasteiger charge is -2.11. The van der Waals surface area contributed by atoms with Gasteiger partial charge in [-0.25, -0.2) is 4.79 Å². The minimum absolute atomic E-state index is 0.147. The fraction of sp³-hybridized carbons (Fsp3) is 0.421. The third-order valence-electron chi connectivity index (χ3n) is 4.08. The first-order chi connectivity index (χ1) is 11.5. The SMILES string of the molecule is COCCCNC(=O)NCc1cc(C)n(-c2ccc(C)cc2)c1C. The predicted octanol–water partition coefficient (Wildman–Crippen LogP) is 3.24. The summed E-state index contributed by atoms with van der Waals surface area (Å²) in [6.45, 7) is 8.03. The van der Waals surface area contributed by atoms with Crippen molar-refractivity contribution in [1.82, 2.24) is 15.2 Å². The van der Waals surface area contributed by atoms with Crippen LogP contribution in [-0.2, 0) is 11.3 Å². The molecule has 0 saturated carbocycles. The molecule has 2 amide bonds. The van der Waals surface area contributed by atoms with Crippen LogP contribution in [0.5, 0.6) is 0 Å². The van der Waals surface area contributed by atoms with E-state index in [-0.39, 0.29) is 6.03 Å². The number of carbonyl (C=O) groups is 1. The summed E-state index contributed by atoms with van der Waals surface area (Å²) in [6.07, 6.45) is 0.811. The summed E-state index contributed by atoms with van der Waals surface area (Å²) in [5.74, 6) is 0. The second-order valence-corrected chi connectivity index (χ2v) is 6.02. The zero-order chi connectivity index (χ0) is 17.5. The molecule has 5 heteroatoms. The Kier molecular flexibility index (Phi) is 6.44. The molecule has 24 heavy (non-hydrogen) atoms. The maximum Gasteiger partial charge on any atom is 0.315 e. The van der Waals surface area contributed by atoms with E-state index in [2.05, 4.69) is 66.3 Å². The van der Waals surface area contributed by atoms with E-state index < -0.39 is 0 Å². The fourth-order valence-corrected chi connectivity index (χ4v) is 2.76. The molecule has 0 aliphatic heterocycles. The summed E-state index contributed by atoms with van der Waals surface area (Å²) in [7, 11) is 1.66. The van der Waals surface area contributed by atoms with Crippen LogP contribution < -0.4 is 10.6 Å². The van der Waals surface area contributed by atoms with Crippen LogP contribution in [0.2, 0.25) is 0 Å². The van der Waals surface area contributed by atoms with Crippen molar-refractivity contribution in [1.29, 1.82) is 0 Å². The number of amides is 2. The van der Waals surface area contributed by atoms with Gasteiger partial charge in [-0.1, -0.05) is 17.7 Å². The van der Waals surface area contributed by atoms with Crippen LogP contribution in [-0.4, -0.2) is 30.9 Å². The monoisotopic (exact) mass is 329 g/mol. The van der Waals surface area contributed by atoms with Gasteiger partial charge >= 0.3 is 6.03 Å². The molecule has 0 bridgehead atoms. The van der Waals surface area contributed by atoms with Crippen LogP contribution in [0.1, 0.15) is 28.9 Å². The Morgan fingerprint density at radius 1 is 1.12 bits per heavy atom. The number of nitrogens with zero attached hydrogens (tertiary/aromatic N) is 1. The summed E-state index contributed by atoms with van der Waals surface area (Å²) in [5.41, 5.74) is 5.82. The Hall–Kier alpha value is -2.27. The van der Waals surface area contributed by atoms with Crippen molar-refractivity contribution >= 4 is 6.03 Å². The van der Waals surface area contributed by atoms with Crippen molar-refractivity contribution < 1.29 is 9.53 Å². The highest BCUT2D eigenvalue weighted by molar-refractivity contribution is 5.73. The first-order valence-corrected chi connectivity index (χ1v) is 8.28. The van der Waals surface area contributed by atoms with Gasteiger partial charge in [0.15, 0.2) is 0 Å². The Bertz CT molecular complexity index is 675. The van der Waals surface area contributed by atoms with Crippen LogP contribution in [0, 0.1) is 20.8 Å². The first-order valence-electron chi connectivity index (χ1n) is 8.28. The van der Waals surface area contributed by atoms with E-state index in [0.717, 1.165) is 29.1 Å². The number of aromatic nitrogens is 1. The van der Waals surface area contributed by atoms with Crippen LogP contribution in [0.3, 0.4) is 0 Å². The van der Waals surface area contributed by atoms with E-state index in [1.165, 1.54) is 5.56 Å². The molecular weight excluding hydrogens is 302 g/mol. The average Bonchev–Trinajstić information content (AvgIpc) is 2.85. The molecule has 2 rings (SSSR count). The van der Waals surface area contributed by atoms with Gasteiger partial charge in [0.1, 0.15) is 0 Å². The number of urea groups is 1. The van der Waals surface area contributed by atoms with Gasteiger partial charge in [0, 0.05) is 43.9 Å². The van der Waals surface area contributed by atoms with Gasteiger partial charge in [-0.05, 0) is 51.0 Å². The second kappa shape index (κ2) is 8.55. The Morgan fingerprint density at radius 2 is 1.83 bits per heavy atom. The predicted molar refractivity (Wildman–Crippen MR) is 96.7 cm³/mol. The van der Waals surface area contributed by atoms with Gasteiger partial charge < -0.3 is 19.9 Å². The summed E-state index contributed by atoms with van der Waals surface area (Å²) in [5, 5.41) is 5.74. The smallest absolute Gasteiger partial charge is 0.315 e. The fourth-order valence-electron chi connectivity index (χ4n) is 2.76. The number of benzene rings is 1. The molecule has 0 atom stereocenters. The lowest BCUT2D eigenvalue weighted by Crippen LogP contribution is -2.35. The molecule has 130 valence electrons. The van der Waals surface area contributed by atoms with Crippen LogP contribution in [0.4, 0.5) is 4.79 Å². The van der Waals surface area contributed by atoms with Crippen molar-refractivity contribution in [3.63, 3.8) is 0 Å². The Balaban J connectivity index is 1.98. The molecule has 0 radical (unpaired) electrons. The lowest BCUT2D eigenvalue weighted by molar-refractivity contribution is 0.193. The molecule has 1 aromatic carbocycles. The Morgan fingerprint density at radius 3 is 2.50 bits per heavy atom. The molecule has 0 fully saturated rings. The molecule has 2 aromatic rings. The van der Waals surface area contributed by atoms with Gasteiger partial charge in [0.05, 0.1) is 0 Å². The van der Waals surface area contributed by atoms with Gasteiger partial charge in [0.25, 0.3) is 0 Å². The molecular formula is C19H27N3O2. The zero-order valence-electron chi connectivity index (χ0n) is 15.0. The van der Waals surface area contributed by atoms with Crippen LogP contribution in [0.15, 0.2) is 30.3 Å². The highest BCUT2D eigenvalue weighted by Gasteiger charge is 2.11. The number of ether oxygens (including phenoxy) is 1. The third-order valence-corrected chi connectivity index (χ3v) is 4.08. The van der Waals surface area contributed by atoms with Crippen molar-refractivity contribution in [2.45, 2.75) is 33.7 Å². The molecule has 0 spiro atoms. The minimum Gasteiger partial charge on any atom is -0.385 e. The zero-order valence-corrected chi connectivity index (χ0v) is 15.0. The quantitative estimate of drug-likeness (QED) is 0.766. The minimum atomic E-state index is -0.147. The summed E-state index contributed by atoms with van der Waals surface area (Å²) in [6, 6.07) is 10.4. The van der Waals surface area contributed by atoms with Gasteiger partial charge in [-0.2, -0.15) is 0 Å². The second-order valence-electron chi connectivity index (χ2n) is 6.02. The lowest BCUT2D eigenvalue weighted by atomic mass is 10.2. The van der Waals surface area contributed by atoms with E-state index in [9.17, 15) is 4.79 Å². The van der Waals surface area contributed by atoms with E-state index >= 15 is 0 Å². The Labute approximate surface area is 144 Å². The van der Waals surface area contributed by atoms with Gasteiger partial charge in [0.2, 0.25) is 0 Å². The van der Waals surface area contributed by atoms with Gasteiger partial charge in [-0.3, -0.25) is 0 Å². The molecule has 1 heterocycles. The number of nitrogens with one attached hydrogen (secondary N) is 2. The molecule has 0 aliphatic carbocycles. The number of rotatable bonds is 7. The summed E-state index contributed by atoms with van der Waals surface area (Å²) in [4.78, 5) is 11.8. The summed E-state index contributed by atoms with van der Waals surface area (Å²) < 4.78 is 7.17. The molecule has 1 aromatic heterocycles. The number of methoxy groups -OCH3 is 1. The maximum atomic E-state index is 11.8.